The van der Waals surface area contributed by atoms with Crippen LogP contribution >= 0.6 is 45.3 Å². The van der Waals surface area contributed by atoms with Gasteiger partial charge in [0.2, 0.25) is 0 Å². The van der Waals surface area contributed by atoms with Crippen LogP contribution in [0.1, 0.15) is 115 Å². The fraction of sp³-hybridized carbons (Fsp3) is 0.600. The van der Waals surface area contributed by atoms with Gasteiger partial charge in [-0.25, -0.2) is 0 Å². The summed E-state index contributed by atoms with van der Waals surface area (Å²) in [5.74, 6) is 0. The molecule has 0 amide bonds. The molecule has 0 bridgehead atoms. The van der Waals surface area contributed by atoms with Crippen LogP contribution in [0.25, 0.3) is 40.2 Å². The number of thiophene rings is 2. The van der Waals surface area contributed by atoms with E-state index in [1.807, 2.05) is 22.7 Å². The Labute approximate surface area is 316 Å². The number of unbranched alkanes of at least 4 members (excludes halogenated alkanes) is 12. The molecule has 0 aliphatic heterocycles. The van der Waals surface area contributed by atoms with E-state index in [0.29, 0.717) is 0 Å². The van der Waals surface area contributed by atoms with Gasteiger partial charge in [0.1, 0.15) is 0 Å². The van der Waals surface area contributed by atoms with Gasteiger partial charge in [-0.05, 0) is 0 Å². The number of aryl methyl sites for hydroxylation is 2. The number of benzene rings is 1. The van der Waals surface area contributed by atoms with Gasteiger partial charge in [0.15, 0.2) is 0 Å². The second-order valence-corrected chi connectivity index (χ2v) is 51.0. The van der Waals surface area contributed by atoms with E-state index >= 15 is 0 Å². The molecule has 0 saturated carbocycles. The van der Waals surface area contributed by atoms with E-state index in [2.05, 4.69) is 90.4 Å². The fourth-order valence-electron chi connectivity index (χ4n) is 6.42. The van der Waals surface area contributed by atoms with Crippen molar-refractivity contribution in [2.45, 2.75) is 146 Å². The summed E-state index contributed by atoms with van der Waals surface area (Å²) in [5.41, 5.74) is 5.40. The number of hydrogen-bond donors (Lipinski definition) is 0. The fourth-order valence-corrected chi connectivity index (χ4v) is 21.6. The van der Waals surface area contributed by atoms with Crippen molar-refractivity contribution < 1.29 is 0 Å². The van der Waals surface area contributed by atoms with E-state index < -0.39 is 36.8 Å². The zero-order chi connectivity index (χ0) is 34.3. The molecule has 2 nitrogen and oxygen atoms in total. The molecule has 262 valence electrons. The predicted octanol–water partition coefficient (Wildman–Crippen LogP) is 14.0. The Morgan fingerprint density at radius 1 is 0.458 bits per heavy atom. The normalized spacial score (nSPS) is 12.7. The third-order valence-corrected chi connectivity index (χ3v) is 33.0. The van der Waals surface area contributed by atoms with Gasteiger partial charge in [0.05, 0.1) is 0 Å². The van der Waals surface area contributed by atoms with Crippen LogP contribution in [0.4, 0.5) is 0 Å². The molecule has 0 aliphatic carbocycles. The summed E-state index contributed by atoms with van der Waals surface area (Å²) in [4.78, 5) is 28.8. The molecule has 1 aromatic carbocycles. The van der Waals surface area contributed by atoms with Gasteiger partial charge in [-0.3, -0.25) is 0 Å². The van der Waals surface area contributed by atoms with Crippen molar-refractivity contribution in [2.24, 2.45) is 0 Å². The Hall–Kier alpha value is -0.00260. The van der Waals surface area contributed by atoms with Crippen LogP contribution in [0.2, 0.25) is 29.6 Å². The summed E-state index contributed by atoms with van der Waals surface area (Å²) >= 11 is 3.54. The second-order valence-electron chi connectivity index (χ2n) is 16.0. The van der Waals surface area contributed by atoms with Gasteiger partial charge in [0, 0.05) is 0 Å². The van der Waals surface area contributed by atoms with Gasteiger partial charge in [-0.15, -0.1) is 0 Å². The first kappa shape index (κ1) is 39.2. The summed E-state index contributed by atoms with van der Waals surface area (Å²) in [6, 6.07) is 9.84. The summed E-state index contributed by atoms with van der Waals surface area (Å²) in [7, 11) is 0. The van der Waals surface area contributed by atoms with Crippen LogP contribution in [0.5, 0.6) is 0 Å². The predicted molar refractivity (Wildman–Crippen MR) is 229 cm³/mol. The minimum absolute atomic E-state index is 1.15. The average Bonchev–Trinajstić information content (AvgIpc) is 3.82. The van der Waals surface area contributed by atoms with Crippen LogP contribution in [-0.4, -0.2) is 46.7 Å². The first-order chi connectivity index (χ1) is 23.0. The number of fused-ring (bicyclic) bond motifs is 2. The number of nitrogens with zero attached hydrogens (tertiary/aromatic N) is 2. The Morgan fingerprint density at radius 3 is 1.19 bits per heavy atom. The molecule has 0 spiro atoms. The van der Waals surface area contributed by atoms with Crippen LogP contribution in [-0.2, 0) is 12.8 Å². The molecule has 0 saturated heterocycles. The Kier molecular flexibility index (Phi) is 14.8. The van der Waals surface area contributed by atoms with Gasteiger partial charge in [-0.2, -0.15) is 0 Å². The molecule has 0 unspecified atom stereocenters. The summed E-state index contributed by atoms with van der Waals surface area (Å²) in [6.07, 6.45) is 21.5. The molecule has 0 fully saturated rings. The Bertz CT molecular complexity index is 1690. The SMILES string of the molecule is CCCCCCCCCCCCc1c[c]([Sn]([CH3])([CH3])[CH3])sc1-c1nc2cc3sc(-c4s[c]([Sn]([CH3])([CH3])[CH3])cc4CCCCCC)nc3cc2s1. The maximum atomic E-state index is 5.32. The van der Waals surface area contributed by atoms with Crippen LogP contribution in [0, 0.1) is 0 Å². The van der Waals surface area contributed by atoms with Gasteiger partial charge < -0.3 is 0 Å². The number of thiazole rings is 2. The molecule has 4 heterocycles. The summed E-state index contributed by atoms with van der Waals surface area (Å²) in [6.45, 7) is 4.61. The van der Waals surface area contributed by atoms with E-state index in [0.717, 1.165) is 11.0 Å². The molecule has 0 N–H and O–H groups in total. The van der Waals surface area contributed by atoms with Crippen molar-refractivity contribution in [3.8, 4) is 19.8 Å². The molecule has 48 heavy (non-hydrogen) atoms. The Morgan fingerprint density at radius 2 is 0.812 bits per heavy atom. The monoisotopic (exact) mass is 936 g/mol. The average molecular weight is 935 g/mol. The standard InChI is InChI=1S/C34H42N2S4.6CH3.2Sn/c1-3-5-7-9-10-11-12-13-14-16-18-26-20-22-38-32(26)34-36-28-24-29-27(23-30(28)40-34)35-33(39-29)31-25(19-21-37-31)17-15-8-6-4-2;;;;;;;;/h19-20,23-24H,3-18H2,1-2H3;6*1H3;;. The van der Waals surface area contributed by atoms with Crippen molar-refractivity contribution in [2.75, 3.05) is 0 Å². The van der Waals surface area contributed by atoms with E-state index in [-0.39, 0.29) is 0 Å². The molecule has 0 atom stereocenters. The van der Waals surface area contributed by atoms with Crippen LogP contribution < -0.4 is 5.79 Å². The third-order valence-electron chi connectivity index (χ3n) is 9.48. The second kappa shape index (κ2) is 18.2. The van der Waals surface area contributed by atoms with E-state index in [1.54, 1.807) is 16.9 Å². The molecule has 5 aromatic rings. The number of aromatic nitrogens is 2. The zero-order valence-corrected chi connectivity index (χ0v) is 40.1. The topological polar surface area (TPSA) is 25.8 Å². The molecule has 0 aliphatic rings. The molecule has 8 heteroatoms. The van der Waals surface area contributed by atoms with Crippen molar-refractivity contribution in [3.05, 3.63) is 35.4 Å². The van der Waals surface area contributed by atoms with Gasteiger partial charge in [-0.1, -0.05) is 19.8 Å². The molecule has 5 rings (SSSR count). The molecular weight excluding hydrogens is 874 g/mol. The number of rotatable bonds is 20. The third kappa shape index (κ3) is 10.5. The van der Waals surface area contributed by atoms with Crippen molar-refractivity contribution in [3.63, 3.8) is 0 Å². The first-order valence-electron chi connectivity index (χ1n) is 19.0. The molecule has 4 aromatic heterocycles. The van der Waals surface area contributed by atoms with E-state index in [1.165, 1.54) is 132 Å². The van der Waals surface area contributed by atoms with Crippen molar-refractivity contribution >= 4 is 108 Å². The minimum atomic E-state index is -2.19. The molecule has 0 radical (unpaired) electrons. The quantitative estimate of drug-likeness (QED) is 0.0574. The first-order valence-corrected chi connectivity index (χ1v) is 42.2. The van der Waals surface area contributed by atoms with Gasteiger partial charge in [0.25, 0.3) is 0 Å². The van der Waals surface area contributed by atoms with E-state index in [9.17, 15) is 0 Å². The van der Waals surface area contributed by atoms with Crippen LogP contribution in [0.3, 0.4) is 0 Å². The zero-order valence-electron chi connectivity index (χ0n) is 31.2. The maximum absolute atomic E-state index is 5.32. The van der Waals surface area contributed by atoms with Crippen molar-refractivity contribution in [1.82, 2.24) is 9.97 Å². The van der Waals surface area contributed by atoms with Gasteiger partial charge >= 0.3 is 300 Å². The summed E-state index contributed by atoms with van der Waals surface area (Å²) < 4.78 is 5.93. The van der Waals surface area contributed by atoms with Crippen LogP contribution in [0.15, 0.2) is 24.3 Å². The Balaban J connectivity index is 1.34. The van der Waals surface area contributed by atoms with Crippen molar-refractivity contribution in [1.29, 1.82) is 0 Å². The number of hydrogen-bond acceptors (Lipinski definition) is 6. The molecular formula is C40H60N2S4Sn2. The summed E-state index contributed by atoms with van der Waals surface area (Å²) in [5, 5.41) is 2.45. The van der Waals surface area contributed by atoms with E-state index in [4.69, 9.17) is 9.97 Å².